The lowest BCUT2D eigenvalue weighted by Gasteiger charge is -2.10. The van der Waals surface area contributed by atoms with Gasteiger partial charge in [0.2, 0.25) is 0 Å². The Morgan fingerprint density at radius 2 is 1.16 bits per heavy atom. The molecule has 61 heavy (non-hydrogen) atoms. The van der Waals surface area contributed by atoms with E-state index in [-0.39, 0.29) is 17.3 Å². The van der Waals surface area contributed by atoms with Gasteiger partial charge in [0.25, 0.3) is 5.91 Å². The Labute approximate surface area is 360 Å². The molecule has 0 radical (unpaired) electrons. The zero-order valence-corrected chi connectivity index (χ0v) is 35.1. The van der Waals surface area contributed by atoms with E-state index in [0.29, 0.717) is 47.9 Å². The summed E-state index contributed by atoms with van der Waals surface area (Å²) in [6.45, 7) is 9.51. The molecule has 0 atom stereocenters. The predicted octanol–water partition coefficient (Wildman–Crippen LogP) is 6.02. The number of carbonyl (C=O) groups is 2. The number of nitrogens with two attached hydrogens (primary N) is 3. The fourth-order valence-corrected chi connectivity index (χ4v) is 6.78. The lowest BCUT2D eigenvalue weighted by Crippen LogP contribution is -2.24. The number of aryl methyl sites for hydroxylation is 4. The molecule has 0 unspecified atom stereocenters. The number of halogens is 2. The number of aromatic nitrogens is 10. The van der Waals surface area contributed by atoms with Crippen molar-refractivity contribution in [2.45, 2.75) is 53.9 Å². The fraction of sp³-hybridized carbons (Fsp3) is 0.190. The summed E-state index contributed by atoms with van der Waals surface area (Å²) in [5.74, 6) is -0.357. The molecule has 8 rings (SSSR count). The van der Waals surface area contributed by atoms with Gasteiger partial charge in [-0.3, -0.25) is 14.8 Å². The zero-order valence-electron chi connectivity index (χ0n) is 33.6. The van der Waals surface area contributed by atoms with Crippen molar-refractivity contribution < 1.29 is 14.7 Å². The molecule has 8 N–H and O–H groups in total. The molecule has 1 amide bonds. The van der Waals surface area contributed by atoms with Crippen molar-refractivity contribution in [2.24, 2.45) is 5.73 Å². The maximum absolute atomic E-state index is 12.5. The Morgan fingerprint density at radius 3 is 1.62 bits per heavy atom. The SMILES string of the molecule is Cc1cc(N)nc(C)c1CN.Cc1cc(N)nc(C)c1CNC(=O)c1cn(Cc2ccc3ncc(Cl)cc3c2)nn1.O=C(O)c1cn(Cc2ccc3ncc(Cl)cc3c2)nn1. The molecule has 6 aromatic heterocycles. The van der Waals surface area contributed by atoms with Gasteiger partial charge in [-0.25, -0.2) is 24.1 Å². The predicted molar refractivity (Wildman–Crippen MR) is 234 cm³/mol. The van der Waals surface area contributed by atoms with E-state index in [2.05, 4.69) is 45.9 Å². The van der Waals surface area contributed by atoms with Crippen LogP contribution in [0.5, 0.6) is 0 Å². The third-order valence-electron chi connectivity index (χ3n) is 9.42. The Balaban J connectivity index is 0.000000172. The van der Waals surface area contributed by atoms with Gasteiger partial charge < -0.3 is 27.6 Å². The van der Waals surface area contributed by atoms with Crippen LogP contribution in [0.15, 0.2) is 85.5 Å². The van der Waals surface area contributed by atoms with Crippen molar-refractivity contribution in [3.63, 3.8) is 0 Å². The molecule has 0 aliphatic carbocycles. The van der Waals surface area contributed by atoms with Gasteiger partial charge in [0, 0.05) is 47.6 Å². The first-order valence-corrected chi connectivity index (χ1v) is 19.5. The monoisotopic (exact) mass is 860 g/mol. The average Bonchev–Trinajstić information content (AvgIpc) is 3.88. The van der Waals surface area contributed by atoms with Crippen LogP contribution in [-0.4, -0.2) is 66.9 Å². The van der Waals surface area contributed by atoms with Gasteiger partial charge in [0.1, 0.15) is 11.6 Å². The van der Waals surface area contributed by atoms with Crippen molar-refractivity contribution >= 4 is 68.5 Å². The summed E-state index contributed by atoms with van der Waals surface area (Å²) >= 11 is 11.9. The molecule has 0 aliphatic heterocycles. The number of fused-ring (bicyclic) bond motifs is 2. The molecule has 0 aliphatic rings. The first kappa shape index (κ1) is 43.5. The minimum Gasteiger partial charge on any atom is -0.476 e. The number of carboxylic acids is 1. The quantitative estimate of drug-likeness (QED) is 0.111. The van der Waals surface area contributed by atoms with Gasteiger partial charge in [-0.1, -0.05) is 45.8 Å². The number of pyridine rings is 4. The number of carbonyl (C=O) groups excluding carboxylic acids is 1. The Bertz CT molecular complexity index is 2830. The number of aromatic carboxylic acids is 1. The number of hydrogen-bond donors (Lipinski definition) is 5. The first-order chi connectivity index (χ1) is 29.1. The summed E-state index contributed by atoms with van der Waals surface area (Å²) < 4.78 is 3.10. The second-order valence-electron chi connectivity index (χ2n) is 14.0. The van der Waals surface area contributed by atoms with Crippen LogP contribution in [0.3, 0.4) is 0 Å². The second kappa shape index (κ2) is 19.3. The largest absolute Gasteiger partial charge is 0.476 e. The molecular formula is C42H42Cl2N14O3. The Hall–Kier alpha value is -7.08. The van der Waals surface area contributed by atoms with Gasteiger partial charge in [-0.05, 0) is 110 Å². The van der Waals surface area contributed by atoms with Gasteiger partial charge in [-0.15, -0.1) is 10.2 Å². The van der Waals surface area contributed by atoms with E-state index in [1.54, 1.807) is 29.3 Å². The number of anilines is 2. The van der Waals surface area contributed by atoms with E-state index < -0.39 is 5.97 Å². The number of carboxylic acid groups (broad SMARTS) is 1. The molecule has 17 nitrogen and oxygen atoms in total. The highest BCUT2D eigenvalue weighted by Crippen LogP contribution is 2.21. The van der Waals surface area contributed by atoms with Crippen LogP contribution in [0.4, 0.5) is 11.6 Å². The Kier molecular flexibility index (Phi) is 13.8. The minimum absolute atomic E-state index is 0.0736. The molecule has 0 spiro atoms. The van der Waals surface area contributed by atoms with Crippen molar-refractivity contribution in [3.05, 3.63) is 152 Å². The molecular weight excluding hydrogens is 819 g/mol. The van der Waals surface area contributed by atoms with E-state index in [1.807, 2.05) is 82.3 Å². The van der Waals surface area contributed by atoms with E-state index in [9.17, 15) is 9.59 Å². The second-order valence-corrected chi connectivity index (χ2v) is 14.9. The third-order valence-corrected chi connectivity index (χ3v) is 9.83. The van der Waals surface area contributed by atoms with E-state index in [0.717, 1.165) is 66.6 Å². The molecule has 0 fully saturated rings. The lowest BCUT2D eigenvalue weighted by atomic mass is 10.1. The normalized spacial score (nSPS) is 10.8. The molecule has 0 saturated carbocycles. The molecule has 2 aromatic carbocycles. The Morgan fingerprint density at radius 1 is 0.689 bits per heavy atom. The van der Waals surface area contributed by atoms with Crippen LogP contribution in [0.25, 0.3) is 21.8 Å². The molecule has 0 bridgehead atoms. The smallest absolute Gasteiger partial charge is 0.358 e. The van der Waals surface area contributed by atoms with Crippen LogP contribution in [0, 0.1) is 27.7 Å². The number of nitrogen functional groups attached to an aromatic ring is 2. The van der Waals surface area contributed by atoms with Crippen molar-refractivity contribution in [1.29, 1.82) is 0 Å². The number of nitrogens with zero attached hydrogens (tertiary/aromatic N) is 10. The van der Waals surface area contributed by atoms with Crippen molar-refractivity contribution in [2.75, 3.05) is 11.5 Å². The number of nitrogens with one attached hydrogen (secondary N) is 1. The summed E-state index contributed by atoms with van der Waals surface area (Å²) in [5.41, 5.74) is 26.5. The maximum atomic E-state index is 12.5. The third kappa shape index (κ3) is 11.4. The summed E-state index contributed by atoms with van der Waals surface area (Å²) in [7, 11) is 0. The molecule has 312 valence electrons. The van der Waals surface area contributed by atoms with Gasteiger partial charge in [0.05, 0.1) is 46.6 Å². The van der Waals surface area contributed by atoms with Crippen LogP contribution in [0.2, 0.25) is 10.0 Å². The van der Waals surface area contributed by atoms with Crippen LogP contribution in [-0.2, 0) is 26.2 Å². The summed E-state index contributed by atoms with van der Waals surface area (Å²) in [6, 6.07) is 18.9. The van der Waals surface area contributed by atoms with Crippen LogP contribution >= 0.6 is 23.2 Å². The van der Waals surface area contributed by atoms with E-state index >= 15 is 0 Å². The zero-order chi connectivity index (χ0) is 43.8. The topological polar surface area (TPSA) is 257 Å². The molecule has 8 aromatic rings. The van der Waals surface area contributed by atoms with Crippen molar-refractivity contribution in [1.82, 2.24) is 55.2 Å². The number of rotatable bonds is 9. The van der Waals surface area contributed by atoms with Gasteiger partial charge >= 0.3 is 5.97 Å². The van der Waals surface area contributed by atoms with E-state index in [1.165, 1.54) is 10.9 Å². The highest BCUT2D eigenvalue weighted by Gasteiger charge is 2.14. The molecule has 19 heteroatoms. The molecule has 6 heterocycles. The molecule has 0 saturated heterocycles. The van der Waals surface area contributed by atoms with E-state index in [4.69, 9.17) is 45.5 Å². The number of hydrogen-bond acceptors (Lipinski definition) is 13. The summed E-state index contributed by atoms with van der Waals surface area (Å²) in [6.07, 6.45) is 6.23. The lowest BCUT2D eigenvalue weighted by molar-refractivity contribution is 0.0690. The van der Waals surface area contributed by atoms with Crippen LogP contribution in [0.1, 0.15) is 65.7 Å². The highest BCUT2D eigenvalue weighted by atomic mass is 35.5. The number of amides is 1. The maximum Gasteiger partial charge on any atom is 0.358 e. The average molecular weight is 862 g/mol. The number of benzene rings is 2. The van der Waals surface area contributed by atoms with Crippen LogP contribution < -0.4 is 22.5 Å². The highest BCUT2D eigenvalue weighted by molar-refractivity contribution is 6.31. The summed E-state index contributed by atoms with van der Waals surface area (Å²) in [5, 5.41) is 30.1. The first-order valence-electron chi connectivity index (χ1n) is 18.7. The summed E-state index contributed by atoms with van der Waals surface area (Å²) in [4.78, 5) is 40.1. The van der Waals surface area contributed by atoms with Gasteiger partial charge in [-0.2, -0.15) is 0 Å². The fourth-order valence-electron chi connectivity index (χ4n) is 6.44. The van der Waals surface area contributed by atoms with Gasteiger partial charge in [0.15, 0.2) is 11.4 Å². The standard InChI is InChI=1S/C21H20ClN7O.C13H9ClN4O2.C8H13N3/c1-12-5-20(23)26-13(2)17(12)9-25-21(30)19-11-29(28-27-19)10-14-3-4-18-15(6-14)7-16(22)8-24-18;14-10-4-9-3-8(1-2-11(9)15-5-10)6-18-7-12(13(19)20)16-17-18;1-5-3-8(10)11-6(2)7(5)4-9/h3-8,11H,9-10H2,1-2H3,(H2,23,26)(H,25,30);1-5,7H,6H2,(H,19,20);3H,4,9H2,1-2H3,(H2,10,11). The minimum atomic E-state index is -1.09. The van der Waals surface area contributed by atoms with Crippen molar-refractivity contribution in [3.8, 4) is 0 Å².